The predicted octanol–water partition coefficient (Wildman–Crippen LogP) is 5.51. The topological polar surface area (TPSA) is 77.5 Å². The van der Waals surface area contributed by atoms with E-state index in [2.05, 4.69) is 15.3 Å². The maximum atomic E-state index is 6.05. The Kier molecular flexibility index (Phi) is 4.50. The molecule has 0 aliphatic rings. The number of nitrogens with two attached hydrogens (primary N) is 1. The molecule has 0 saturated heterocycles. The second-order valence-electron chi connectivity index (χ2n) is 6.77. The molecule has 3 aromatic carbocycles. The van der Waals surface area contributed by atoms with E-state index in [1.54, 1.807) is 6.20 Å². The number of ether oxygens (including phenoxy) is 1. The fourth-order valence-electron chi connectivity index (χ4n) is 3.32. The Morgan fingerprint density at radius 2 is 1.70 bits per heavy atom. The van der Waals surface area contributed by atoms with Crippen LogP contribution in [0.5, 0.6) is 11.5 Å². The van der Waals surface area contributed by atoms with Crippen LogP contribution in [0.2, 0.25) is 0 Å². The highest BCUT2D eigenvalue weighted by Gasteiger charge is 2.13. The van der Waals surface area contributed by atoms with Gasteiger partial charge in [-0.05, 0) is 36.4 Å². The molecule has 5 rings (SSSR count). The van der Waals surface area contributed by atoms with Crippen LogP contribution in [0.3, 0.4) is 0 Å². The van der Waals surface area contributed by atoms with Gasteiger partial charge in [0, 0.05) is 23.6 Å². The van der Waals surface area contributed by atoms with Gasteiger partial charge in [0.2, 0.25) is 0 Å². The maximum Gasteiger partial charge on any atom is 0.180 e. The summed E-state index contributed by atoms with van der Waals surface area (Å²) in [5, 5.41) is 3.37. The van der Waals surface area contributed by atoms with Crippen molar-refractivity contribution >= 4 is 22.8 Å². The Morgan fingerprint density at radius 1 is 0.867 bits per heavy atom. The number of imidazole rings is 1. The van der Waals surface area contributed by atoms with E-state index in [1.807, 2.05) is 95.7 Å². The van der Waals surface area contributed by atoms with Crippen LogP contribution in [0.25, 0.3) is 16.9 Å². The SMILES string of the molecule is Nc1cccc(-c2cnc3c(Nc4ccccc4Oc4ccccc4)nccn23)c1. The molecule has 0 fully saturated rings. The molecule has 0 aliphatic heterocycles. The number of hydrogen-bond acceptors (Lipinski definition) is 5. The summed E-state index contributed by atoms with van der Waals surface area (Å²) in [5.41, 5.74) is 10.1. The van der Waals surface area contributed by atoms with Gasteiger partial charge in [0.15, 0.2) is 17.2 Å². The van der Waals surface area contributed by atoms with Crippen LogP contribution in [0, 0.1) is 0 Å². The van der Waals surface area contributed by atoms with E-state index >= 15 is 0 Å². The lowest BCUT2D eigenvalue weighted by atomic mass is 10.1. The highest BCUT2D eigenvalue weighted by molar-refractivity contribution is 5.76. The van der Waals surface area contributed by atoms with Gasteiger partial charge in [-0.1, -0.05) is 42.5 Å². The summed E-state index contributed by atoms with van der Waals surface area (Å²) < 4.78 is 8.04. The zero-order valence-corrected chi connectivity index (χ0v) is 16.1. The molecule has 0 saturated carbocycles. The highest BCUT2D eigenvalue weighted by atomic mass is 16.5. The zero-order chi connectivity index (χ0) is 20.3. The number of aromatic nitrogens is 3. The van der Waals surface area contributed by atoms with Crippen molar-refractivity contribution in [3.05, 3.63) is 97.5 Å². The summed E-state index contributed by atoms with van der Waals surface area (Å²) in [4.78, 5) is 9.09. The first kappa shape index (κ1) is 17.8. The quantitative estimate of drug-likeness (QED) is 0.385. The van der Waals surface area contributed by atoms with Gasteiger partial charge in [-0.25, -0.2) is 9.97 Å². The lowest BCUT2D eigenvalue weighted by Crippen LogP contribution is -2.00. The Bertz CT molecular complexity index is 1310. The van der Waals surface area contributed by atoms with E-state index in [9.17, 15) is 0 Å². The molecule has 0 amide bonds. The molecule has 0 spiro atoms. The summed E-state index contributed by atoms with van der Waals surface area (Å²) in [7, 11) is 0. The van der Waals surface area contributed by atoms with Crippen molar-refractivity contribution in [2.75, 3.05) is 11.1 Å². The lowest BCUT2D eigenvalue weighted by Gasteiger charge is -2.13. The molecule has 0 unspecified atom stereocenters. The first-order valence-electron chi connectivity index (χ1n) is 9.55. The molecule has 0 aliphatic carbocycles. The summed E-state index contributed by atoms with van der Waals surface area (Å²) in [5.74, 6) is 2.11. The van der Waals surface area contributed by atoms with Gasteiger partial charge in [0.1, 0.15) is 5.75 Å². The van der Waals surface area contributed by atoms with Crippen molar-refractivity contribution in [2.45, 2.75) is 0 Å². The minimum Gasteiger partial charge on any atom is -0.455 e. The number of nitrogens with one attached hydrogen (secondary N) is 1. The van der Waals surface area contributed by atoms with E-state index in [1.165, 1.54) is 0 Å². The number of nitrogen functional groups attached to an aromatic ring is 1. The standard InChI is InChI=1S/C24H19N5O/c25-18-8-6-7-17(15-18)21-16-27-24-23(26-13-14-29(21)24)28-20-11-4-5-12-22(20)30-19-9-2-1-3-10-19/h1-16H,25H2,(H,26,28). The number of anilines is 3. The predicted molar refractivity (Wildman–Crippen MR) is 119 cm³/mol. The highest BCUT2D eigenvalue weighted by Crippen LogP contribution is 2.32. The van der Waals surface area contributed by atoms with Crippen molar-refractivity contribution in [1.82, 2.24) is 14.4 Å². The van der Waals surface area contributed by atoms with Crippen LogP contribution in [0.4, 0.5) is 17.2 Å². The van der Waals surface area contributed by atoms with Gasteiger partial charge in [0.25, 0.3) is 0 Å². The Morgan fingerprint density at radius 3 is 2.57 bits per heavy atom. The minimum absolute atomic E-state index is 0.636. The summed E-state index contributed by atoms with van der Waals surface area (Å²) in [6, 6.07) is 25.2. The third kappa shape index (κ3) is 3.42. The molecular weight excluding hydrogens is 374 g/mol. The van der Waals surface area contributed by atoms with Crippen molar-refractivity contribution in [2.24, 2.45) is 0 Å². The van der Waals surface area contributed by atoms with E-state index in [0.717, 1.165) is 22.7 Å². The summed E-state index contributed by atoms with van der Waals surface area (Å²) in [6.07, 6.45) is 5.45. The molecule has 6 heteroatoms. The maximum absolute atomic E-state index is 6.05. The molecule has 6 nitrogen and oxygen atoms in total. The molecule has 3 N–H and O–H groups in total. The second-order valence-corrected chi connectivity index (χ2v) is 6.77. The third-order valence-electron chi connectivity index (χ3n) is 4.72. The first-order chi connectivity index (χ1) is 14.8. The summed E-state index contributed by atoms with van der Waals surface area (Å²) >= 11 is 0. The monoisotopic (exact) mass is 393 g/mol. The zero-order valence-electron chi connectivity index (χ0n) is 16.1. The van der Waals surface area contributed by atoms with Crippen LogP contribution in [-0.2, 0) is 0 Å². The Labute approximate surface area is 173 Å². The molecule has 146 valence electrons. The van der Waals surface area contributed by atoms with E-state index in [-0.39, 0.29) is 0 Å². The van der Waals surface area contributed by atoms with E-state index in [4.69, 9.17) is 10.5 Å². The first-order valence-corrected chi connectivity index (χ1v) is 9.55. The van der Waals surface area contributed by atoms with Crippen LogP contribution < -0.4 is 15.8 Å². The second kappa shape index (κ2) is 7.60. The molecular formula is C24H19N5O. The fourth-order valence-corrected chi connectivity index (χ4v) is 3.32. The average molecular weight is 393 g/mol. The van der Waals surface area contributed by atoms with E-state index < -0.39 is 0 Å². The Hall–Kier alpha value is -4.32. The van der Waals surface area contributed by atoms with Crippen LogP contribution in [0.15, 0.2) is 97.5 Å². The van der Waals surface area contributed by atoms with Crippen LogP contribution in [0.1, 0.15) is 0 Å². The van der Waals surface area contributed by atoms with Crippen LogP contribution >= 0.6 is 0 Å². The Balaban J connectivity index is 1.51. The molecule has 2 aromatic heterocycles. The van der Waals surface area contributed by atoms with Crippen LogP contribution in [-0.4, -0.2) is 14.4 Å². The van der Waals surface area contributed by atoms with Gasteiger partial charge in [-0.15, -0.1) is 0 Å². The molecule has 30 heavy (non-hydrogen) atoms. The number of para-hydroxylation sites is 3. The van der Waals surface area contributed by atoms with Gasteiger partial charge in [0.05, 0.1) is 17.6 Å². The minimum atomic E-state index is 0.636. The van der Waals surface area contributed by atoms with Crippen molar-refractivity contribution in [3.63, 3.8) is 0 Å². The lowest BCUT2D eigenvalue weighted by molar-refractivity contribution is 0.485. The molecule has 5 aromatic rings. The van der Waals surface area contributed by atoms with Gasteiger partial charge in [-0.3, -0.25) is 4.40 Å². The summed E-state index contributed by atoms with van der Waals surface area (Å²) in [6.45, 7) is 0. The average Bonchev–Trinajstić information content (AvgIpc) is 3.21. The van der Waals surface area contributed by atoms with Gasteiger partial charge in [-0.2, -0.15) is 0 Å². The largest absolute Gasteiger partial charge is 0.455 e. The smallest absolute Gasteiger partial charge is 0.180 e. The van der Waals surface area contributed by atoms with E-state index in [0.29, 0.717) is 22.9 Å². The van der Waals surface area contributed by atoms with Gasteiger partial charge < -0.3 is 15.8 Å². The molecule has 0 radical (unpaired) electrons. The normalized spacial score (nSPS) is 10.8. The number of rotatable bonds is 5. The van der Waals surface area contributed by atoms with Crippen molar-refractivity contribution in [3.8, 4) is 22.8 Å². The van der Waals surface area contributed by atoms with Gasteiger partial charge >= 0.3 is 0 Å². The number of nitrogens with zero attached hydrogens (tertiary/aromatic N) is 3. The molecule has 0 atom stereocenters. The molecule has 0 bridgehead atoms. The third-order valence-corrected chi connectivity index (χ3v) is 4.72. The van der Waals surface area contributed by atoms with Crippen molar-refractivity contribution in [1.29, 1.82) is 0 Å². The van der Waals surface area contributed by atoms with Crippen molar-refractivity contribution < 1.29 is 4.74 Å². The number of hydrogen-bond donors (Lipinski definition) is 2. The number of benzene rings is 3. The fraction of sp³-hybridized carbons (Fsp3) is 0. The molecule has 2 heterocycles. The number of fused-ring (bicyclic) bond motifs is 1.